The van der Waals surface area contributed by atoms with E-state index in [2.05, 4.69) is 38.5 Å². The summed E-state index contributed by atoms with van der Waals surface area (Å²) >= 11 is 13.1. The van der Waals surface area contributed by atoms with Crippen molar-refractivity contribution in [2.75, 3.05) is 7.11 Å². The molecule has 2 heterocycles. The molecule has 0 amide bonds. The van der Waals surface area contributed by atoms with Crippen molar-refractivity contribution in [2.45, 2.75) is 26.0 Å². The fraction of sp³-hybridized carbons (Fsp3) is 0.167. The van der Waals surface area contributed by atoms with Gasteiger partial charge >= 0.3 is 5.97 Å². The van der Waals surface area contributed by atoms with Crippen LogP contribution in [-0.2, 0) is 16.1 Å². The van der Waals surface area contributed by atoms with E-state index in [9.17, 15) is 9.59 Å². The second kappa shape index (κ2) is 12.4. The highest BCUT2D eigenvalue weighted by Crippen LogP contribution is 2.34. The van der Waals surface area contributed by atoms with Crippen molar-refractivity contribution in [3.63, 3.8) is 0 Å². The van der Waals surface area contributed by atoms with Gasteiger partial charge in [-0.05, 0) is 92.0 Å². The zero-order chi connectivity index (χ0) is 28.4. The van der Waals surface area contributed by atoms with Crippen molar-refractivity contribution < 1.29 is 14.3 Å². The summed E-state index contributed by atoms with van der Waals surface area (Å²) in [5.74, 6) is 0.227. The van der Waals surface area contributed by atoms with Crippen LogP contribution in [0, 0.1) is 3.57 Å². The van der Waals surface area contributed by atoms with E-state index in [1.807, 2.05) is 79.7 Å². The molecule has 0 N–H and O–H groups in total. The van der Waals surface area contributed by atoms with Crippen molar-refractivity contribution >= 4 is 73.5 Å². The predicted molar refractivity (Wildman–Crippen MR) is 169 cm³/mol. The Balaban J connectivity index is 1.56. The molecular formula is C30H23BrClIN2O4S. The molecule has 0 aliphatic carbocycles. The van der Waals surface area contributed by atoms with E-state index in [0.717, 1.165) is 24.7 Å². The maximum Gasteiger partial charge on any atom is 0.338 e. The van der Waals surface area contributed by atoms with E-state index in [1.54, 1.807) is 4.57 Å². The molecule has 204 valence electrons. The third-order valence-electron chi connectivity index (χ3n) is 6.38. The number of carbonyl (C=O) groups excluding carboxylic acids is 1. The van der Waals surface area contributed by atoms with Gasteiger partial charge < -0.3 is 9.47 Å². The lowest BCUT2D eigenvalue weighted by Gasteiger charge is -2.25. The summed E-state index contributed by atoms with van der Waals surface area (Å²) in [4.78, 5) is 32.0. The lowest BCUT2D eigenvalue weighted by atomic mass is 9.95. The number of methoxy groups -OCH3 is 1. The summed E-state index contributed by atoms with van der Waals surface area (Å²) in [7, 11) is 1.35. The van der Waals surface area contributed by atoms with Crippen LogP contribution in [0.2, 0.25) is 5.02 Å². The highest BCUT2D eigenvalue weighted by atomic mass is 127. The van der Waals surface area contributed by atoms with Crippen LogP contribution in [0.5, 0.6) is 5.75 Å². The molecular weight excluding hydrogens is 727 g/mol. The van der Waals surface area contributed by atoms with E-state index < -0.39 is 12.0 Å². The predicted octanol–water partition coefficient (Wildman–Crippen LogP) is 6.40. The number of aromatic nitrogens is 1. The summed E-state index contributed by atoms with van der Waals surface area (Å²) in [6.45, 7) is 2.33. The van der Waals surface area contributed by atoms with Gasteiger partial charge in [-0.15, -0.1) is 0 Å². The lowest BCUT2D eigenvalue weighted by molar-refractivity contribution is -0.136. The van der Waals surface area contributed by atoms with Crippen molar-refractivity contribution in [3.05, 3.63) is 127 Å². The minimum Gasteiger partial charge on any atom is -0.487 e. The van der Waals surface area contributed by atoms with Gasteiger partial charge in [-0.3, -0.25) is 9.36 Å². The molecule has 40 heavy (non-hydrogen) atoms. The Hall–Kier alpha value is -2.73. The number of halogens is 3. The Kier molecular flexibility index (Phi) is 8.94. The number of rotatable bonds is 7. The van der Waals surface area contributed by atoms with Crippen molar-refractivity contribution in [1.29, 1.82) is 0 Å². The van der Waals surface area contributed by atoms with Gasteiger partial charge in [-0.1, -0.05) is 72.3 Å². The smallest absolute Gasteiger partial charge is 0.338 e. The number of hydrogen-bond donors (Lipinski definition) is 0. The van der Waals surface area contributed by atoms with E-state index >= 15 is 0 Å². The second-order valence-corrected chi connectivity index (χ2v) is 12.4. The van der Waals surface area contributed by atoms with Crippen LogP contribution in [0.4, 0.5) is 0 Å². The van der Waals surface area contributed by atoms with Gasteiger partial charge in [0.05, 0.1) is 37.0 Å². The third kappa shape index (κ3) is 5.83. The average molecular weight is 750 g/mol. The van der Waals surface area contributed by atoms with Crippen molar-refractivity contribution in [2.24, 2.45) is 4.99 Å². The third-order valence-corrected chi connectivity index (χ3v) is 9.01. The normalized spacial score (nSPS) is 15.0. The van der Waals surface area contributed by atoms with Gasteiger partial charge in [0.2, 0.25) is 0 Å². The van der Waals surface area contributed by atoms with E-state index in [0.29, 0.717) is 44.4 Å². The molecule has 4 aromatic rings. The molecule has 0 unspecified atom stereocenters. The Morgan fingerprint density at radius 1 is 1.18 bits per heavy atom. The number of nitrogens with zero attached hydrogens (tertiary/aromatic N) is 2. The number of fused-ring (bicyclic) bond motifs is 1. The highest BCUT2D eigenvalue weighted by molar-refractivity contribution is 14.1. The molecule has 1 aliphatic rings. The minimum atomic E-state index is -0.627. The van der Waals surface area contributed by atoms with Crippen LogP contribution in [0.3, 0.4) is 0 Å². The van der Waals surface area contributed by atoms with Crippen LogP contribution >= 0.6 is 61.5 Å². The molecule has 5 rings (SSSR count). The van der Waals surface area contributed by atoms with Crippen molar-refractivity contribution in [3.8, 4) is 5.75 Å². The first-order valence-electron chi connectivity index (χ1n) is 12.3. The topological polar surface area (TPSA) is 69.9 Å². The number of hydrogen-bond acceptors (Lipinski definition) is 6. The molecule has 10 heteroatoms. The lowest BCUT2D eigenvalue weighted by Crippen LogP contribution is -2.40. The minimum absolute atomic E-state index is 0.219. The number of thiazole rings is 1. The number of ether oxygens (including phenoxy) is 2. The maximum absolute atomic E-state index is 13.8. The van der Waals surface area contributed by atoms with Crippen LogP contribution < -0.4 is 19.6 Å². The summed E-state index contributed by atoms with van der Waals surface area (Å²) in [6, 6.07) is 20.3. The molecule has 6 nitrogen and oxygen atoms in total. The molecule has 1 aromatic heterocycles. The molecule has 0 saturated carbocycles. The van der Waals surface area contributed by atoms with Crippen LogP contribution in [0.1, 0.15) is 36.1 Å². The molecule has 1 atom stereocenters. The Labute approximate surface area is 261 Å². The SMILES string of the molecule is CCC1=C(C(=O)OC)[C@@H](c2ccccc2)n2c(s/c(=C\c3cc(Br)c(OCc4ccc(Cl)cc4)c(I)c3)c2=O)=N1. The Morgan fingerprint density at radius 2 is 1.90 bits per heavy atom. The molecule has 0 saturated heterocycles. The second-order valence-electron chi connectivity index (χ2n) is 8.93. The summed E-state index contributed by atoms with van der Waals surface area (Å²) in [6.07, 6.45) is 2.37. The molecule has 0 fully saturated rings. The van der Waals surface area contributed by atoms with Gasteiger partial charge in [0.25, 0.3) is 5.56 Å². The number of benzene rings is 3. The summed E-state index contributed by atoms with van der Waals surface area (Å²) in [5, 5.41) is 0.677. The standard InChI is InChI=1S/C30H23BrClIN2O4S/c1-3-23-25(29(37)38-2)26(19-7-5-4-6-8-19)35-28(36)24(40-30(35)34-23)15-18-13-21(31)27(22(33)14-18)39-16-17-9-11-20(32)12-10-17/h4-15,26H,3,16H2,1-2H3/b24-15-/t26-/m1/s1. The van der Waals surface area contributed by atoms with Gasteiger partial charge in [-0.2, -0.15) is 0 Å². The first-order chi connectivity index (χ1) is 19.3. The van der Waals surface area contributed by atoms with E-state index in [1.165, 1.54) is 18.4 Å². The number of carbonyl (C=O) groups is 1. The van der Waals surface area contributed by atoms with Crippen LogP contribution in [-0.4, -0.2) is 17.6 Å². The van der Waals surface area contributed by atoms with E-state index in [4.69, 9.17) is 26.1 Å². The van der Waals surface area contributed by atoms with Crippen molar-refractivity contribution in [1.82, 2.24) is 4.57 Å². The summed E-state index contributed by atoms with van der Waals surface area (Å²) in [5.41, 5.74) is 3.43. The fourth-order valence-electron chi connectivity index (χ4n) is 4.50. The first kappa shape index (κ1) is 28.8. The largest absolute Gasteiger partial charge is 0.487 e. The van der Waals surface area contributed by atoms with Gasteiger partial charge in [0.15, 0.2) is 4.80 Å². The first-order valence-corrected chi connectivity index (χ1v) is 15.4. The van der Waals surface area contributed by atoms with Gasteiger partial charge in [-0.25, -0.2) is 9.79 Å². The highest BCUT2D eigenvalue weighted by Gasteiger charge is 2.33. The molecule has 0 spiro atoms. The average Bonchev–Trinajstić information content (AvgIpc) is 3.26. The quantitative estimate of drug-likeness (QED) is 0.162. The number of allylic oxidation sites excluding steroid dienone is 1. The molecule has 3 aromatic carbocycles. The monoisotopic (exact) mass is 748 g/mol. The molecule has 0 bridgehead atoms. The maximum atomic E-state index is 13.8. The zero-order valence-electron chi connectivity index (χ0n) is 21.5. The van der Waals surface area contributed by atoms with E-state index in [-0.39, 0.29) is 5.56 Å². The number of esters is 1. The Bertz CT molecular complexity index is 1780. The molecule has 1 aliphatic heterocycles. The zero-order valence-corrected chi connectivity index (χ0v) is 26.8. The summed E-state index contributed by atoms with van der Waals surface area (Å²) < 4.78 is 15.0. The molecule has 0 radical (unpaired) electrons. The van der Waals surface area contributed by atoms with Gasteiger partial charge in [0.1, 0.15) is 12.4 Å². The fourth-order valence-corrected chi connectivity index (χ4v) is 7.42. The van der Waals surface area contributed by atoms with Crippen LogP contribution in [0.15, 0.2) is 92.3 Å². The van der Waals surface area contributed by atoms with Crippen LogP contribution in [0.25, 0.3) is 6.08 Å². The van der Waals surface area contributed by atoms with Gasteiger partial charge in [0, 0.05) is 5.02 Å². The Morgan fingerprint density at radius 3 is 2.55 bits per heavy atom.